The zero-order valence-corrected chi connectivity index (χ0v) is 16.5. The van der Waals surface area contributed by atoms with E-state index in [1.807, 2.05) is 25.1 Å². The lowest BCUT2D eigenvalue weighted by molar-refractivity contribution is 0.623. The van der Waals surface area contributed by atoms with Crippen molar-refractivity contribution in [3.05, 3.63) is 82.9 Å². The first-order chi connectivity index (χ1) is 14.6. The molecular weight excluding hydrogens is 379 g/mol. The first kappa shape index (κ1) is 20.6. The summed E-state index contributed by atoms with van der Waals surface area (Å²) < 4.78 is 15.4. The zero-order chi connectivity index (χ0) is 21.5. The van der Waals surface area contributed by atoms with Gasteiger partial charge < -0.3 is 0 Å². The van der Waals surface area contributed by atoms with Gasteiger partial charge >= 0.3 is 0 Å². The molecule has 3 aromatic rings. The molecule has 6 nitrogen and oxygen atoms in total. The largest absolute Gasteiger partial charge is 0.261 e. The van der Waals surface area contributed by atoms with E-state index < -0.39 is 5.82 Å². The zero-order valence-electron chi connectivity index (χ0n) is 16.5. The summed E-state index contributed by atoms with van der Waals surface area (Å²) in [5.74, 6) is -0.271. The molecule has 0 radical (unpaired) electrons. The van der Waals surface area contributed by atoms with Crippen molar-refractivity contribution in [3.63, 3.8) is 0 Å². The van der Waals surface area contributed by atoms with Gasteiger partial charge in [-0.2, -0.15) is 10.4 Å². The SMILES string of the molecule is C=Cc1cc(Cc2cnc(N=C)n2/N=C/c2ccc(C#N)c(F)c2)ccc1N=CC. The first-order valence-corrected chi connectivity index (χ1v) is 9.11. The summed E-state index contributed by atoms with van der Waals surface area (Å²) >= 11 is 0. The van der Waals surface area contributed by atoms with Crippen molar-refractivity contribution < 1.29 is 4.39 Å². The van der Waals surface area contributed by atoms with Gasteiger partial charge in [0.15, 0.2) is 0 Å². The Hall–Kier alpha value is -4.18. The van der Waals surface area contributed by atoms with E-state index in [-0.39, 0.29) is 5.56 Å². The number of halogens is 1. The molecule has 0 bridgehead atoms. The Kier molecular flexibility index (Phi) is 6.40. The van der Waals surface area contributed by atoms with Crippen LogP contribution in [-0.4, -0.2) is 28.8 Å². The van der Waals surface area contributed by atoms with Crippen LogP contribution in [0.3, 0.4) is 0 Å². The van der Waals surface area contributed by atoms with Gasteiger partial charge in [-0.15, -0.1) is 0 Å². The number of aromatic nitrogens is 2. The number of rotatable bonds is 7. The Morgan fingerprint density at radius 1 is 1.27 bits per heavy atom. The van der Waals surface area contributed by atoms with Crippen molar-refractivity contribution in [2.45, 2.75) is 13.3 Å². The lowest BCUT2D eigenvalue weighted by Crippen LogP contribution is -1.99. The van der Waals surface area contributed by atoms with Crippen molar-refractivity contribution in [2.75, 3.05) is 0 Å². The summed E-state index contributed by atoms with van der Waals surface area (Å²) in [7, 11) is 0. The highest BCUT2D eigenvalue weighted by molar-refractivity contribution is 5.80. The van der Waals surface area contributed by atoms with Gasteiger partial charge in [-0.1, -0.05) is 24.8 Å². The fraction of sp³-hybridized carbons (Fsp3) is 0.0870. The van der Waals surface area contributed by atoms with Crippen molar-refractivity contribution in [1.82, 2.24) is 9.66 Å². The van der Waals surface area contributed by atoms with Crippen LogP contribution < -0.4 is 0 Å². The second kappa shape index (κ2) is 9.34. The van der Waals surface area contributed by atoms with Gasteiger partial charge in [-0.3, -0.25) is 4.99 Å². The average Bonchev–Trinajstić information content (AvgIpc) is 3.14. The van der Waals surface area contributed by atoms with Gasteiger partial charge in [0.05, 0.1) is 29.4 Å². The van der Waals surface area contributed by atoms with E-state index in [0.717, 1.165) is 22.5 Å². The Balaban J connectivity index is 1.92. The Morgan fingerprint density at radius 2 is 2.10 bits per heavy atom. The lowest BCUT2D eigenvalue weighted by atomic mass is 10.0. The predicted molar refractivity (Wildman–Crippen MR) is 119 cm³/mol. The second-order valence-corrected chi connectivity index (χ2v) is 6.28. The maximum atomic E-state index is 13.8. The first-order valence-electron chi connectivity index (χ1n) is 9.11. The standard InChI is InChI=1S/C23H19FN6/c1-4-18-10-16(7-9-22(18)27-5-2)11-20-15-28-23(26-3)30(20)29-14-17-6-8-19(13-25)21(24)12-17/h4-10,12,14-15H,1,3,11H2,2H3/b27-5?,29-14+. The maximum Gasteiger partial charge on any atom is 0.250 e. The highest BCUT2D eigenvalue weighted by Gasteiger charge is 2.10. The summed E-state index contributed by atoms with van der Waals surface area (Å²) in [5.41, 5.74) is 4.07. The number of hydrogen-bond donors (Lipinski definition) is 0. The van der Waals surface area contributed by atoms with Gasteiger partial charge in [0.2, 0.25) is 5.95 Å². The Bertz CT molecular complexity index is 1200. The topological polar surface area (TPSA) is 78.7 Å². The molecule has 3 rings (SSSR count). The fourth-order valence-corrected chi connectivity index (χ4v) is 2.89. The van der Waals surface area contributed by atoms with E-state index in [1.54, 1.807) is 35.3 Å². The van der Waals surface area contributed by atoms with Crippen LogP contribution in [0.25, 0.3) is 6.08 Å². The lowest BCUT2D eigenvalue weighted by Gasteiger charge is -2.07. The summed E-state index contributed by atoms with van der Waals surface area (Å²) in [6, 6.07) is 12.0. The average molecular weight is 398 g/mol. The fourth-order valence-electron chi connectivity index (χ4n) is 2.89. The summed E-state index contributed by atoms with van der Waals surface area (Å²) in [5, 5.41) is 13.2. The molecule has 30 heavy (non-hydrogen) atoms. The van der Waals surface area contributed by atoms with E-state index in [9.17, 15) is 4.39 Å². The minimum absolute atomic E-state index is 0.0159. The van der Waals surface area contributed by atoms with Crippen LogP contribution in [0.5, 0.6) is 0 Å². The van der Waals surface area contributed by atoms with E-state index in [4.69, 9.17) is 5.26 Å². The number of nitrogens with zero attached hydrogens (tertiary/aromatic N) is 6. The number of hydrogen-bond acceptors (Lipinski definition) is 5. The minimum Gasteiger partial charge on any atom is -0.261 e. The molecule has 1 aromatic heterocycles. The van der Waals surface area contributed by atoms with E-state index in [0.29, 0.717) is 17.9 Å². The van der Waals surface area contributed by atoms with Gasteiger partial charge in [-0.25, -0.2) is 19.0 Å². The Morgan fingerprint density at radius 3 is 2.77 bits per heavy atom. The smallest absolute Gasteiger partial charge is 0.250 e. The molecule has 1 heterocycles. The number of aliphatic imine (C=N–C) groups is 2. The van der Waals surface area contributed by atoms with Crippen molar-refractivity contribution in [3.8, 4) is 6.07 Å². The van der Waals surface area contributed by atoms with Crippen molar-refractivity contribution in [2.24, 2.45) is 15.1 Å². The van der Waals surface area contributed by atoms with Gasteiger partial charge in [0.1, 0.15) is 11.9 Å². The molecule has 0 spiro atoms. The highest BCUT2D eigenvalue weighted by Crippen LogP contribution is 2.24. The molecule has 148 valence electrons. The summed E-state index contributed by atoms with van der Waals surface area (Å²) in [4.78, 5) is 12.5. The van der Waals surface area contributed by atoms with Crippen LogP contribution in [0.1, 0.15) is 34.9 Å². The second-order valence-electron chi connectivity index (χ2n) is 6.28. The van der Waals surface area contributed by atoms with Gasteiger partial charge in [0, 0.05) is 12.6 Å². The maximum absolute atomic E-state index is 13.8. The van der Waals surface area contributed by atoms with Crippen LogP contribution in [0.4, 0.5) is 16.0 Å². The molecule has 0 aliphatic carbocycles. The molecule has 0 saturated carbocycles. The highest BCUT2D eigenvalue weighted by atomic mass is 19.1. The third kappa shape index (κ3) is 4.45. The third-order valence-corrected chi connectivity index (χ3v) is 4.33. The molecule has 7 heteroatoms. The summed E-state index contributed by atoms with van der Waals surface area (Å²) in [6.07, 6.45) is 7.19. The van der Waals surface area contributed by atoms with Crippen LogP contribution in [0, 0.1) is 17.1 Å². The van der Waals surface area contributed by atoms with E-state index in [2.05, 4.69) is 33.4 Å². The van der Waals surface area contributed by atoms with Gasteiger partial charge in [-0.05, 0) is 54.6 Å². The van der Waals surface area contributed by atoms with E-state index in [1.165, 1.54) is 18.3 Å². The molecule has 0 saturated heterocycles. The van der Waals surface area contributed by atoms with Crippen LogP contribution in [-0.2, 0) is 6.42 Å². The minimum atomic E-state index is -0.596. The van der Waals surface area contributed by atoms with Crippen LogP contribution >= 0.6 is 0 Å². The molecular formula is C23H19FN6. The molecule has 0 fully saturated rings. The van der Waals surface area contributed by atoms with Crippen molar-refractivity contribution in [1.29, 1.82) is 5.26 Å². The number of benzene rings is 2. The molecule has 0 aliphatic rings. The molecule has 0 N–H and O–H groups in total. The Labute approximate surface area is 174 Å². The number of nitriles is 1. The van der Waals surface area contributed by atoms with E-state index >= 15 is 0 Å². The molecule has 2 aromatic carbocycles. The summed E-state index contributed by atoms with van der Waals surface area (Å²) in [6.45, 7) is 9.24. The normalized spacial score (nSPS) is 11.1. The predicted octanol–water partition coefficient (Wildman–Crippen LogP) is 5.06. The molecule has 0 amide bonds. The molecule has 0 aliphatic heterocycles. The number of imidazole rings is 1. The third-order valence-electron chi connectivity index (χ3n) is 4.33. The van der Waals surface area contributed by atoms with Crippen LogP contribution in [0.15, 0.2) is 64.3 Å². The monoisotopic (exact) mass is 398 g/mol. The quantitative estimate of drug-likeness (QED) is 0.521. The van der Waals surface area contributed by atoms with Crippen molar-refractivity contribution >= 4 is 36.9 Å². The van der Waals surface area contributed by atoms with Gasteiger partial charge in [0.25, 0.3) is 0 Å². The molecule has 0 atom stereocenters. The van der Waals surface area contributed by atoms with Crippen LogP contribution in [0.2, 0.25) is 0 Å². The molecule has 0 unspecified atom stereocenters.